The van der Waals surface area contributed by atoms with E-state index >= 15 is 0 Å². The SMILES string of the molecule is CC(C)[C@@H](N)C(=O)Nc1ccc(Cl)cc1I. The number of amides is 1. The van der Waals surface area contributed by atoms with Crippen LogP contribution >= 0.6 is 34.2 Å². The van der Waals surface area contributed by atoms with Crippen LogP contribution in [0.15, 0.2) is 18.2 Å². The Bertz CT molecular complexity index is 396. The van der Waals surface area contributed by atoms with Gasteiger partial charge in [-0.2, -0.15) is 0 Å². The Kier molecular flexibility index (Phi) is 5.01. The number of hydrogen-bond donors (Lipinski definition) is 2. The van der Waals surface area contributed by atoms with E-state index in [0.29, 0.717) is 5.02 Å². The summed E-state index contributed by atoms with van der Waals surface area (Å²) in [7, 11) is 0. The second kappa shape index (κ2) is 5.84. The molecular formula is C11H14ClIN2O. The molecule has 1 aromatic carbocycles. The van der Waals surface area contributed by atoms with Gasteiger partial charge in [0.05, 0.1) is 11.7 Å². The molecule has 0 aliphatic carbocycles. The third-order valence-electron chi connectivity index (χ3n) is 2.21. The van der Waals surface area contributed by atoms with Crippen LogP contribution in [0.2, 0.25) is 5.02 Å². The second-order valence-corrected chi connectivity index (χ2v) is 5.48. The molecule has 0 fully saturated rings. The van der Waals surface area contributed by atoms with Gasteiger partial charge in [-0.25, -0.2) is 0 Å². The number of carbonyl (C=O) groups is 1. The summed E-state index contributed by atoms with van der Waals surface area (Å²) in [6.45, 7) is 3.83. The van der Waals surface area contributed by atoms with E-state index in [2.05, 4.69) is 27.9 Å². The van der Waals surface area contributed by atoms with Crippen molar-refractivity contribution in [2.75, 3.05) is 5.32 Å². The molecule has 1 atom stereocenters. The minimum Gasteiger partial charge on any atom is -0.324 e. The van der Waals surface area contributed by atoms with Crippen molar-refractivity contribution in [3.8, 4) is 0 Å². The number of halogens is 2. The summed E-state index contributed by atoms with van der Waals surface area (Å²) >= 11 is 7.94. The van der Waals surface area contributed by atoms with Gasteiger partial charge in [-0.3, -0.25) is 4.79 Å². The van der Waals surface area contributed by atoms with Crippen LogP contribution in [0.4, 0.5) is 5.69 Å². The fraction of sp³-hybridized carbons (Fsp3) is 0.364. The third-order valence-corrected chi connectivity index (χ3v) is 3.34. The Morgan fingerprint density at radius 2 is 2.12 bits per heavy atom. The minimum atomic E-state index is -0.494. The van der Waals surface area contributed by atoms with Gasteiger partial charge in [-0.1, -0.05) is 25.4 Å². The molecule has 1 rings (SSSR count). The van der Waals surface area contributed by atoms with E-state index in [4.69, 9.17) is 17.3 Å². The molecule has 0 unspecified atom stereocenters. The van der Waals surface area contributed by atoms with Gasteiger partial charge in [0.1, 0.15) is 0 Å². The van der Waals surface area contributed by atoms with Crippen LogP contribution < -0.4 is 11.1 Å². The van der Waals surface area contributed by atoms with Gasteiger partial charge in [0, 0.05) is 8.59 Å². The van der Waals surface area contributed by atoms with E-state index in [9.17, 15) is 4.79 Å². The van der Waals surface area contributed by atoms with E-state index in [1.807, 2.05) is 13.8 Å². The highest BCUT2D eigenvalue weighted by atomic mass is 127. The molecule has 0 radical (unpaired) electrons. The fourth-order valence-corrected chi connectivity index (χ4v) is 2.12. The van der Waals surface area contributed by atoms with Gasteiger partial charge in [0.2, 0.25) is 5.91 Å². The predicted octanol–water partition coefficient (Wildman–Crippen LogP) is 2.87. The van der Waals surface area contributed by atoms with Gasteiger partial charge in [-0.05, 0) is 46.7 Å². The first-order valence-electron chi connectivity index (χ1n) is 4.93. The van der Waals surface area contributed by atoms with Crippen LogP contribution in [-0.4, -0.2) is 11.9 Å². The zero-order chi connectivity index (χ0) is 12.3. The van der Waals surface area contributed by atoms with E-state index in [-0.39, 0.29) is 11.8 Å². The van der Waals surface area contributed by atoms with E-state index in [1.165, 1.54) is 0 Å². The Morgan fingerprint density at radius 3 is 2.62 bits per heavy atom. The Balaban J connectivity index is 2.77. The number of anilines is 1. The van der Waals surface area contributed by atoms with E-state index in [1.54, 1.807) is 18.2 Å². The molecule has 3 N–H and O–H groups in total. The number of nitrogens with one attached hydrogen (secondary N) is 1. The van der Waals surface area contributed by atoms with Crippen molar-refractivity contribution in [3.05, 3.63) is 26.8 Å². The lowest BCUT2D eigenvalue weighted by molar-refractivity contribution is -0.118. The standard InChI is InChI=1S/C11H14ClIN2O/c1-6(2)10(14)11(16)15-9-4-3-7(12)5-8(9)13/h3-6,10H,14H2,1-2H3,(H,15,16)/t10-/m1/s1. The topological polar surface area (TPSA) is 55.1 Å². The monoisotopic (exact) mass is 352 g/mol. The van der Waals surface area contributed by atoms with Crippen LogP contribution in [0.3, 0.4) is 0 Å². The summed E-state index contributed by atoms with van der Waals surface area (Å²) in [4.78, 5) is 11.7. The molecule has 0 heterocycles. The molecule has 0 saturated heterocycles. The van der Waals surface area contributed by atoms with Gasteiger partial charge in [0.25, 0.3) is 0 Å². The first-order chi connectivity index (χ1) is 7.41. The lowest BCUT2D eigenvalue weighted by Gasteiger charge is -2.16. The normalized spacial score (nSPS) is 12.6. The summed E-state index contributed by atoms with van der Waals surface area (Å²) in [6.07, 6.45) is 0. The van der Waals surface area contributed by atoms with Gasteiger partial charge in [0.15, 0.2) is 0 Å². The molecule has 0 aliphatic rings. The zero-order valence-corrected chi connectivity index (χ0v) is 12.0. The molecule has 0 aliphatic heterocycles. The lowest BCUT2D eigenvalue weighted by atomic mass is 10.1. The molecule has 1 aromatic rings. The van der Waals surface area contributed by atoms with Gasteiger partial charge < -0.3 is 11.1 Å². The van der Waals surface area contributed by atoms with Crippen LogP contribution in [0.25, 0.3) is 0 Å². The highest BCUT2D eigenvalue weighted by molar-refractivity contribution is 14.1. The van der Waals surface area contributed by atoms with Crippen LogP contribution in [0.1, 0.15) is 13.8 Å². The first-order valence-corrected chi connectivity index (χ1v) is 6.39. The number of rotatable bonds is 3. The van der Waals surface area contributed by atoms with E-state index in [0.717, 1.165) is 9.26 Å². The van der Waals surface area contributed by atoms with E-state index < -0.39 is 6.04 Å². The predicted molar refractivity (Wildman–Crippen MR) is 75.6 cm³/mol. The quantitative estimate of drug-likeness (QED) is 0.822. The molecule has 0 saturated carbocycles. The molecule has 88 valence electrons. The molecule has 5 heteroatoms. The molecule has 1 amide bonds. The van der Waals surface area contributed by atoms with Crippen LogP contribution in [0, 0.1) is 9.49 Å². The first kappa shape index (κ1) is 13.7. The highest BCUT2D eigenvalue weighted by Crippen LogP contribution is 2.22. The van der Waals surface area contributed by atoms with Crippen LogP contribution in [0.5, 0.6) is 0 Å². The Hall–Kier alpha value is -0.330. The maximum Gasteiger partial charge on any atom is 0.241 e. The van der Waals surface area contributed by atoms with Crippen LogP contribution in [-0.2, 0) is 4.79 Å². The fourth-order valence-electron chi connectivity index (χ4n) is 1.11. The molecule has 3 nitrogen and oxygen atoms in total. The van der Waals surface area contributed by atoms with Crippen molar-refractivity contribution >= 4 is 45.8 Å². The van der Waals surface area contributed by atoms with Crippen molar-refractivity contribution in [1.82, 2.24) is 0 Å². The molecular weight excluding hydrogens is 338 g/mol. The van der Waals surface area contributed by atoms with Crippen molar-refractivity contribution in [2.45, 2.75) is 19.9 Å². The number of benzene rings is 1. The Morgan fingerprint density at radius 1 is 1.50 bits per heavy atom. The maximum atomic E-state index is 11.7. The summed E-state index contributed by atoms with van der Waals surface area (Å²) in [6, 6.07) is 4.81. The average molecular weight is 353 g/mol. The summed E-state index contributed by atoms with van der Waals surface area (Å²) in [5.74, 6) is -0.0554. The molecule has 0 aromatic heterocycles. The summed E-state index contributed by atoms with van der Waals surface area (Å²) in [5.41, 5.74) is 6.49. The largest absolute Gasteiger partial charge is 0.324 e. The lowest BCUT2D eigenvalue weighted by Crippen LogP contribution is -2.39. The third kappa shape index (κ3) is 3.61. The average Bonchev–Trinajstić information content (AvgIpc) is 2.20. The molecule has 16 heavy (non-hydrogen) atoms. The van der Waals surface area contributed by atoms with Gasteiger partial charge in [-0.15, -0.1) is 0 Å². The van der Waals surface area contributed by atoms with Gasteiger partial charge >= 0.3 is 0 Å². The molecule has 0 bridgehead atoms. The van der Waals surface area contributed by atoms with Crippen molar-refractivity contribution in [3.63, 3.8) is 0 Å². The number of nitrogens with two attached hydrogens (primary N) is 1. The number of hydrogen-bond acceptors (Lipinski definition) is 2. The molecule has 0 spiro atoms. The minimum absolute atomic E-state index is 0.116. The summed E-state index contributed by atoms with van der Waals surface area (Å²) in [5, 5.41) is 3.44. The maximum absolute atomic E-state index is 11.7. The summed E-state index contributed by atoms with van der Waals surface area (Å²) < 4.78 is 0.898. The number of carbonyl (C=O) groups excluding carboxylic acids is 1. The second-order valence-electron chi connectivity index (χ2n) is 3.88. The van der Waals surface area contributed by atoms with Crippen molar-refractivity contribution in [1.29, 1.82) is 0 Å². The zero-order valence-electron chi connectivity index (χ0n) is 9.13. The Labute approximate surface area is 114 Å². The van der Waals surface area contributed by atoms with Crippen molar-refractivity contribution in [2.24, 2.45) is 11.7 Å². The van der Waals surface area contributed by atoms with Crippen molar-refractivity contribution < 1.29 is 4.79 Å². The highest BCUT2D eigenvalue weighted by Gasteiger charge is 2.17. The smallest absolute Gasteiger partial charge is 0.241 e.